The molecule has 2 heterocycles. The van der Waals surface area contributed by atoms with Crippen molar-refractivity contribution >= 4 is 5.82 Å². The molecule has 0 aromatic carbocycles. The highest BCUT2D eigenvalue weighted by Gasteiger charge is 2.16. The second kappa shape index (κ2) is 6.66. The van der Waals surface area contributed by atoms with Crippen LogP contribution in [0.25, 0.3) is 0 Å². The van der Waals surface area contributed by atoms with Crippen LogP contribution in [0.1, 0.15) is 25.0 Å². The van der Waals surface area contributed by atoms with Gasteiger partial charge in [-0.15, -0.1) is 5.10 Å². The molecular weight excluding hydrogens is 228 g/mol. The SMILES string of the molecule is CNCc1ccc(N(C)CC2CCCCO2)nn1. The lowest BCUT2D eigenvalue weighted by atomic mass is 10.1. The number of rotatable bonds is 5. The summed E-state index contributed by atoms with van der Waals surface area (Å²) in [6.07, 6.45) is 3.95. The first-order chi connectivity index (χ1) is 8.79. The highest BCUT2D eigenvalue weighted by molar-refractivity contribution is 5.36. The molecule has 18 heavy (non-hydrogen) atoms. The molecule has 1 atom stereocenters. The molecule has 1 aromatic heterocycles. The first-order valence-electron chi connectivity index (χ1n) is 6.59. The van der Waals surface area contributed by atoms with Crippen LogP contribution in [0.15, 0.2) is 12.1 Å². The van der Waals surface area contributed by atoms with Gasteiger partial charge < -0.3 is 15.0 Å². The summed E-state index contributed by atoms with van der Waals surface area (Å²) in [6.45, 7) is 2.54. The monoisotopic (exact) mass is 250 g/mol. The van der Waals surface area contributed by atoms with Crippen LogP contribution < -0.4 is 10.2 Å². The van der Waals surface area contributed by atoms with Gasteiger partial charge in [0, 0.05) is 26.7 Å². The van der Waals surface area contributed by atoms with Crippen molar-refractivity contribution in [1.82, 2.24) is 15.5 Å². The Balaban J connectivity index is 1.89. The van der Waals surface area contributed by atoms with Crippen LogP contribution in [-0.2, 0) is 11.3 Å². The smallest absolute Gasteiger partial charge is 0.151 e. The summed E-state index contributed by atoms with van der Waals surface area (Å²) in [7, 11) is 3.95. The summed E-state index contributed by atoms with van der Waals surface area (Å²) >= 11 is 0. The molecule has 1 aliphatic heterocycles. The Kier molecular flexibility index (Phi) is 4.90. The van der Waals surface area contributed by atoms with Crippen molar-refractivity contribution in [2.45, 2.75) is 31.9 Å². The number of likely N-dealkylation sites (N-methyl/N-ethyl adjacent to an activating group) is 1. The molecule has 2 rings (SSSR count). The normalized spacial score (nSPS) is 19.8. The molecule has 0 amide bonds. The van der Waals surface area contributed by atoms with Crippen molar-refractivity contribution < 1.29 is 4.74 Å². The van der Waals surface area contributed by atoms with Gasteiger partial charge in [-0.25, -0.2) is 0 Å². The van der Waals surface area contributed by atoms with E-state index in [0.717, 1.165) is 37.6 Å². The number of hydrogen-bond donors (Lipinski definition) is 1. The zero-order valence-electron chi connectivity index (χ0n) is 11.2. The van der Waals surface area contributed by atoms with E-state index in [4.69, 9.17) is 4.74 Å². The van der Waals surface area contributed by atoms with Gasteiger partial charge in [-0.2, -0.15) is 5.10 Å². The maximum atomic E-state index is 5.73. The average Bonchev–Trinajstić information content (AvgIpc) is 2.41. The summed E-state index contributed by atoms with van der Waals surface area (Å²) in [5.74, 6) is 0.907. The number of nitrogens with one attached hydrogen (secondary N) is 1. The van der Waals surface area contributed by atoms with E-state index in [1.165, 1.54) is 12.8 Å². The lowest BCUT2D eigenvalue weighted by Crippen LogP contribution is -2.33. The quantitative estimate of drug-likeness (QED) is 0.851. The van der Waals surface area contributed by atoms with Crippen LogP contribution in [0.5, 0.6) is 0 Å². The molecule has 1 fully saturated rings. The molecule has 1 saturated heterocycles. The third-order valence-corrected chi connectivity index (χ3v) is 3.21. The second-order valence-corrected chi connectivity index (χ2v) is 4.78. The van der Waals surface area contributed by atoms with Crippen LogP contribution in [-0.4, -0.2) is 43.5 Å². The molecule has 1 aromatic rings. The molecule has 0 spiro atoms. The summed E-state index contributed by atoms with van der Waals surface area (Å²) in [6, 6.07) is 4.03. The largest absolute Gasteiger partial charge is 0.376 e. The number of anilines is 1. The van der Waals surface area contributed by atoms with E-state index in [9.17, 15) is 0 Å². The molecule has 1 aliphatic rings. The molecular formula is C13H22N4O. The Morgan fingerprint density at radius 1 is 1.39 bits per heavy atom. The van der Waals surface area contributed by atoms with Crippen molar-refractivity contribution in [2.24, 2.45) is 0 Å². The van der Waals surface area contributed by atoms with Crippen LogP contribution in [0.4, 0.5) is 5.82 Å². The number of aromatic nitrogens is 2. The first-order valence-corrected chi connectivity index (χ1v) is 6.59. The van der Waals surface area contributed by atoms with E-state index in [1.807, 2.05) is 26.2 Å². The van der Waals surface area contributed by atoms with E-state index < -0.39 is 0 Å². The summed E-state index contributed by atoms with van der Waals surface area (Å²) in [4.78, 5) is 2.12. The number of nitrogens with zero attached hydrogens (tertiary/aromatic N) is 3. The van der Waals surface area contributed by atoms with Crippen LogP contribution in [0.2, 0.25) is 0 Å². The maximum absolute atomic E-state index is 5.73. The fraction of sp³-hybridized carbons (Fsp3) is 0.692. The summed E-state index contributed by atoms with van der Waals surface area (Å²) in [5.41, 5.74) is 0.962. The van der Waals surface area contributed by atoms with Gasteiger partial charge in [-0.05, 0) is 38.4 Å². The highest BCUT2D eigenvalue weighted by Crippen LogP contribution is 2.16. The minimum absolute atomic E-state index is 0.336. The molecule has 5 heteroatoms. The van der Waals surface area contributed by atoms with Crippen LogP contribution in [0.3, 0.4) is 0 Å². The fourth-order valence-corrected chi connectivity index (χ4v) is 2.18. The summed E-state index contributed by atoms with van der Waals surface area (Å²) < 4.78 is 5.73. The molecule has 0 aliphatic carbocycles. The molecule has 1 unspecified atom stereocenters. The Morgan fingerprint density at radius 2 is 2.28 bits per heavy atom. The van der Waals surface area contributed by atoms with Crippen molar-refractivity contribution in [1.29, 1.82) is 0 Å². The van der Waals surface area contributed by atoms with Crippen molar-refractivity contribution in [3.05, 3.63) is 17.8 Å². The molecule has 0 bridgehead atoms. The zero-order chi connectivity index (χ0) is 12.8. The predicted octanol–water partition coefficient (Wildman–Crippen LogP) is 1.20. The number of ether oxygens (including phenoxy) is 1. The van der Waals surface area contributed by atoms with Crippen molar-refractivity contribution in [2.75, 3.05) is 32.1 Å². The van der Waals surface area contributed by atoms with E-state index in [1.54, 1.807) is 0 Å². The molecule has 0 radical (unpaired) electrons. The van der Waals surface area contributed by atoms with Crippen molar-refractivity contribution in [3.8, 4) is 0 Å². The molecule has 0 saturated carbocycles. The molecule has 1 N–H and O–H groups in total. The summed E-state index contributed by atoms with van der Waals surface area (Å²) in [5, 5.41) is 11.5. The minimum atomic E-state index is 0.336. The lowest BCUT2D eigenvalue weighted by Gasteiger charge is -2.27. The van der Waals surface area contributed by atoms with Gasteiger partial charge in [0.25, 0.3) is 0 Å². The Morgan fingerprint density at radius 3 is 2.89 bits per heavy atom. The predicted molar refractivity (Wildman–Crippen MR) is 71.7 cm³/mol. The van der Waals surface area contributed by atoms with E-state index >= 15 is 0 Å². The van der Waals surface area contributed by atoms with E-state index in [2.05, 4.69) is 20.4 Å². The highest BCUT2D eigenvalue weighted by atomic mass is 16.5. The fourth-order valence-electron chi connectivity index (χ4n) is 2.18. The van der Waals surface area contributed by atoms with Crippen LogP contribution in [0, 0.1) is 0 Å². The molecule has 100 valence electrons. The number of hydrogen-bond acceptors (Lipinski definition) is 5. The standard InChI is InChI=1S/C13H22N4O/c1-14-9-11-6-7-13(16-15-11)17(2)10-12-5-3-4-8-18-12/h6-7,12,14H,3-5,8-10H2,1-2H3. The van der Waals surface area contributed by atoms with Gasteiger partial charge in [-0.3, -0.25) is 0 Å². The Hall–Kier alpha value is -1.20. The van der Waals surface area contributed by atoms with Gasteiger partial charge in [0.15, 0.2) is 5.82 Å². The topological polar surface area (TPSA) is 50.3 Å². The minimum Gasteiger partial charge on any atom is -0.376 e. The van der Waals surface area contributed by atoms with Gasteiger partial charge >= 0.3 is 0 Å². The third-order valence-electron chi connectivity index (χ3n) is 3.21. The molecule has 5 nitrogen and oxygen atoms in total. The van der Waals surface area contributed by atoms with E-state index in [0.29, 0.717) is 6.10 Å². The van der Waals surface area contributed by atoms with Gasteiger partial charge in [0.05, 0.1) is 11.8 Å². The Bertz CT molecular complexity index is 349. The zero-order valence-corrected chi connectivity index (χ0v) is 11.2. The van der Waals surface area contributed by atoms with E-state index in [-0.39, 0.29) is 0 Å². The first kappa shape index (κ1) is 13.2. The third kappa shape index (κ3) is 3.65. The van der Waals surface area contributed by atoms with Crippen LogP contribution >= 0.6 is 0 Å². The maximum Gasteiger partial charge on any atom is 0.151 e. The lowest BCUT2D eigenvalue weighted by molar-refractivity contribution is 0.0215. The van der Waals surface area contributed by atoms with Gasteiger partial charge in [-0.1, -0.05) is 0 Å². The Labute approximate surface area is 109 Å². The van der Waals surface area contributed by atoms with Gasteiger partial charge in [0.1, 0.15) is 0 Å². The van der Waals surface area contributed by atoms with Crippen molar-refractivity contribution in [3.63, 3.8) is 0 Å². The second-order valence-electron chi connectivity index (χ2n) is 4.78. The average molecular weight is 250 g/mol. The van der Waals surface area contributed by atoms with Gasteiger partial charge in [0.2, 0.25) is 0 Å².